The number of halogens is 1. The van der Waals surface area contributed by atoms with Crippen LogP contribution in [-0.4, -0.2) is 46.5 Å². The summed E-state index contributed by atoms with van der Waals surface area (Å²) >= 11 is 5.89. The Morgan fingerprint density at radius 2 is 2.44 bits per heavy atom. The average molecular weight is 280 g/mol. The SMILES string of the molecule is CCC(C(Cl)OC(C)=O)(C1ON=CN1C)[N+](=O)[O-]. The minimum Gasteiger partial charge on any atom is -0.438 e. The maximum absolute atomic E-state index is 11.4. The predicted molar refractivity (Wildman–Crippen MR) is 62.6 cm³/mol. The Hall–Kier alpha value is -1.57. The molecule has 3 atom stereocenters. The van der Waals surface area contributed by atoms with E-state index in [4.69, 9.17) is 21.2 Å². The van der Waals surface area contributed by atoms with Crippen molar-refractivity contribution in [2.24, 2.45) is 5.16 Å². The molecule has 0 bridgehead atoms. The van der Waals surface area contributed by atoms with Crippen molar-refractivity contribution in [3.8, 4) is 0 Å². The van der Waals surface area contributed by atoms with Gasteiger partial charge in [-0.1, -0.05) is 23.7 Å². The van der Waals surface area contributed by atoms with E-state index in [9.17, 15) is 14.9 Å². The number of likely N-dealkylation sites (N-methyl/N-ethyl adjacent to an activating group) is 1. The molecular weight excluding hydrogens is 266 g/mol. The smallest absolute Gasteiger partial charge is 0.329 e. The summed E-state index contributed by atoms with van der Waals surface area (Å²) in [6.07, 6.45) is 0.287. The minimum absolute atomic E-state index is 0.0137. The number of alkyl halides is 1. The molecule has 0 amide bonds. The summed E-state index contributed by atoms with van der Waals surface area (Å²) < 4.78 is 4.75. The van der Waals surface area contributed by atoms with Crippen LogP contribution in [0.25, 0.3) is 0 Å². The summed E-state index contributed by atoms with van der Waals surface area (Å²) in [5, 5.41) is 14.9. The fourth-order valence-corrected chi connectivity index (χ4v) is 2.20. The first-order chi connectivity index (χ1) is 8.36. The maximum Gasteiger partial charge on any atom is 0.329 e. The summed E-state index contributed by atoms with van der Waals surface area (Å²) in [5.74, 6) is -0.698. The van der Waals surface area contributed by atoms with Crippen LogP contribution in [0.4, 0.5) is 0 Å². The van der Waals surface area contributed by atoms with Gasteiger partial charge in [-0.2, -0.15) is 0 Å². The zero-order valence-electron chi connectivity index (χ0n) is 10.2. The predicted octanol–water partition coefficient (Wildman–Crippen LogP) is 0.771. The summed E-state index contributed by atoms with van der Waals surface area (Å²) in [5.41, 5.74) is -3.25. The van der Waals surface area contributed by atoms with Crippen LogP contribution < -0.4 is 0 Å². The summed E-state index contributed by atoms with van der Waals surface area (Å²) in [6, 6.07) is 0. The van der Waals surface area contributed by atoms with E-state index in [1.165, 1.54) is 11.2 Å². The average Bonchev–Trinajstić information content (AvgIpc) is 2.66. The van der Waals surface area contributed by atoms with E-state index < -0.39 is 28.2 Å². The van der Waals surface area contributed by atoms with Gasteiger partial charge in [0.15, 0.2) is 0 Å². The minimum atomic E-state index is -1.79. The lowest BCUT2D eigenvalue weighted by Crippen LogP contribution is -2.61. The highest BCUT2D eigenvalue weighted by atomic mass is 35.5. The van der Waals surface area contributed by atoms with Gasteiger partial charge < -0.3 is 14.5 Å². The molecule has 0 spiro atoms. The van der Waals surface area contributed by atoms with Crippen LogP contribution in [0.5, 0.6) is 0 Å². The molecule has 0 radical (unpaired) electrons. The molecule has 1 aliphatic rings. The first-order valence-corrected chi connectivity index (χ1v) is 5.67. The molecule has 0 aromatic rings. The van der Waals surface area contributed by atoms with Crippen molar-refractivity contribution >= 4 is 23.9 Å². The number of carbonyl (C=O) groups is 1. The first kappa shape index (κ1) is 14.5. The monoisotopic (exact) mass is 279 g/mol. The van der Waals surface area contributed by atoms with Gasteiger partial charge in [0.05, 0.1) is 0 Å². The van der Waals surface area contributed by atoms with Gasteiger partial charge in [0.25, 0.3) is 11.8 Å². The summed E-state index contributed by atoms with van der Waals surface area (Å²) in [6.45, 7) is 2.70. The number of rotatable bonds is 5. The quantitative estimate of drug-likeness (QED) is 0.319. The Kier molecular flexibility index (Phi) is 4.33. The van der Waals surface area contributed by atoms with Crippen molar-refractivity contribution in [1.29, 1.82) is 0 Å². The van der Waals surface area contributed by atoms with Gasteiger partial charge >= 0.3 is 11.5 Å². The second-order valence-corrected chi connectivity index (χ2v) is 4.27. The Morgan fingerprint density at radius 1 is 1.83 bits per heavy atom. The van der Waals surface area contributed by atoms with Crippen LogP contribution in [0, 0.1) is 10.1 Å². The van der Waals surface area contributed by atoms with Crippen LogP contribution in [0.15, 0.2) is 5.16 Å². The molecule has 18 heavy (non-hydrogen) atoms. The van der Waals surface area contributed by atoms with Gasteiger partial charge in [0.2, 0.25) is 0 Å². The number of ether oxygens (including phenoxy) is 1. The van der Waals surface area contributed by atoms with Gasteiger partial charge in [-0.15, -0.1) is 0 Å². The Morgan fingerprint density at radius 3 is 2.78 bits per heavy atom. The van der Waals surface area contributed by atoms with Crippen LogP contribution >= 0.6 is 11.6 Å². The molecule has 0 saturated heterocycles. The Balaban J connectivity index is 3.08. The van der Waals surface area contributed by atoms with Crippen molar-refractivity contribution < 1.29 is 19.3 Å². The molecule has 3 unspecified atom stereocenters. The van der Waals surface area contributed by atoms with E-state index in [1.54, 1.807) is 14.0 Å². The summed E-state index contributed by atoms with van der Waals surface area (Å²) in [4.78, 5) is 28.1. The molecule has 102 valence electrons. The third kappa shape index (κ3) is 2.33. The standard InChI is InChI=1S/C9H14ClN3O5/c1-4-9(13(15)16,7(10)17-6(2)14)8-12(3)5-11-18-8/h5,7-8H,4H2,1-3H3. The fraction of sp³-hybridized carbons (Fsp3) is 0.778. The molecule has 0 saturated carbocycles. The molecule has 0 aromatic carbocycles. The molecule has 0 fully saturated rings. The van der Waals surface area contributed by atoms with Crippen molar-refractivity contribution in [1.82, 2.24) is 4.90 Å². The maximum atomic E-state index is 11.4. The van der Waals surface area contributed by atoms with Crippen LogP contribution in [0.3, 0.4) is 0 Å². The number of nitro groups is 1. The molecule has 1 aliphatic heterocycles. The van der Waals surface area contributed by atoms with Crippen molar-refractivity contribution in [2.45, 2.75) is 37.6 Å². The van der Waals surface area contributed by atoms with Crippen molar-refractivity contribution in [3.05, 3.63) is 10.1 Å². The van der Waals surface area contributed by atoms with Crippen LogP contribution in [0.2, 0.25) is 0 Å². The van der Waals surface area contributed by atoms with Gasteiger partial charge in [0.1, 0.15) is 6.34 Å². The molecular formula is C9H14ClN3O5. The molecule has 8 nitrogen and oxygen atoms in total. The fourth-order valence-electron chi connectivity index (χ4n) is 1.74. The third-order valence-electron chi connectivity index (χ3n) is 2.76. The lowest BCUT2D eigenvalue weighted by Gasteiger charge is -2.33. The molecule has 0 aromatic heterocycles. The number of nitrogens with zero attached hydrogens (tertiary/aromatic N) is 3. The van der Waals surface area contributed by atoms with Gasteiger partial charge in [-0.05, 0) is 0 Å². The van der Waals surface area contributed by atoms with Crippen LogP contribution in [0.1, 0.15) is 20.3 Å². The number of hydrogen-bond acceptors (Lipinski definition) is 7. The number of esters is 1. The van der Waals surface area contributed by atoms with E-state index in [-0.39, 0.29) is 6.42 Å². The molecule has 0 N–H and O–H groups in total. The molecule has 1 heterocycles. The highest BCUT2D eigenvalue weighted by Crippen LogP contribution is 2.34. The van der Waals surface area contributed by atoms with E-state index in [0.29, 0.717) is 0 Å². The highest BCUT2D eigenvalue weighted by Gasteiger charge is 2.61. The molecule has 9 heteroatoms. The van der Waals surface area contributed by atoms with Gasteiger partial charge in [-0.3, -0.25) is 14.9 Å². The van der Waals surface area contributed by atoms with E-state index >= 15 is 0 Å². The van der Waals surface area contributed by atoms with Crippen LogP contribution in [-0.2, 0) is 14.4 Å². The molecule has 1 rings (SSSR count). The zero-order valence-corrected chi connectivity index (χ0v) is 11.0. The second kappa shape index (κ2) is 5.38. The Labute approximate surface area is 109 Å². The zero-order chi connectivity index (χ0) is 13.9. The number of hydrogen-bond donors (Lipinski definition) is 0. The van der Waals surface area contributed by atoms with E-state index in [1.807, 2.05) is 0 Å². The number of oxime groups is 1. The number of carbonyl (C=O) groups excluding carboxylic acids is 1. The Bertz CT molecular complexity index is 377. The summed E-state index contributed by atoms with van der Waals surface area (Å²) in [7, 11) is 1.56. The lowest BCUT2D eigenvalue weighted by molar-refractivity contribution is -0.596. The molecule has 0 aliphatic carbocycles. The first-order valence-electron chi connectivity index (χ1n) is 5.23. The van der Waals surface area contributed by atoms with Gasteiger partial charge in [-0.25, -0.2) is 0 Å². The highest BCUT2D eigenvalue weighted by molar-refractivity contribution is 6.21. The topological polar surface area (TPSA) is 94.3 Å². The van der Waals surface area contributed by atoms with E-state index in [0.717, 1.165) is 6.92 Å². The lowest BCUT2D eigenvalue weighted by atomic mass is 9.94. The normalized spacial score (nSPS) is 23.1. The largest absolute Gasteiger partial charge is 0.438 e. The van der Waals surface area contributed by atoms with Crippen molar-refractivity contribution in [3.63, 3.8) is 0 Å². The van der Waals surface area contributed by atoms with Gasteiger partial charge in [0, 0.05) is 25.3 Å². The second-order valence-electron chi connectivity index (χ2n) is 3.87. The van der Waals surface area contributed by atoms with E-state index in [2.05, 4.69) is 5.16 Å². The third-order valence-corrected chi connectivity index (χ3v) is 3.22. The van der Waals surface area contributed by atoms with Crippen molar-refractivity contribution in [2.75, 3.05) is 7.05 Å².